The third kappa shape index (κ3) is 2.36. The van der Waals surface area contributed by atoms with Gasteiger partial charge in [0.05, 0.1) is 16.1 Å². The van der Waals surface area contributed by atoms with Gasteiger partial charge in [0.2, 0.25) is 0 Å². The van der Waals surface area contributed by atoms with Crippen LogP contribution in [-0.4, -0.2) is 22.6 Å². The van der Waals surface area contributed by atoms with Gasteiger partial charge in [-0.25, -0.2) is 4.98 Å². The van der Waals surface area contributed by atoms with Gasteiger partial charge in [0.1, 0.15) is 5.82 Å². The molecule has 0 spiro atoms. The van der Waals surface area contributed by atoms with Crippen molar-refractivity contribution in [1.82, 2.24) is 14.9 Å². The van der Waals surface area contributed by atoms with E-state index in [1.807, 2.05) is 12.1 Å². The van der Waals surface area contributed by atoms with E-state index in [2.05, 4.69) is 36.7 Å². The molecule has 1 fully saturated rings. The molecule has 0 radical (unpaired) electrons. The van der Waals surface area contributed by atoms with Gasteiger partial charge in [-0.2, -0.15) is 0 Å². The highest BCUT2D eigenvalue weighted by Gasteiger charge is 2.39. The summed E-state index contributed by atoms with van der Waals surface area (Å²) in [5.41, 5.74) is 2.27. The van der Waals surface area contributed by atoms with Crippen molar-refractivity contribution in [2.24, 2.45) is 0 Å². The van der Waals surface area contributed by atoms with Crippen LogP contribution in [0.2, 0.25) is 5.02 Å². The number of hydrogen-bond donors (Lipinski definition) is 1. The van der Waals surface area contributed by atoms with Crippen LogP contribution in [0.1, 0.15) is 51.9 Å². The number of nitrogens with one attached hydrogen (secondary N) is 1. The molecular formula is C17H24ClN3. The molecule has 3 nitrogen and oxygen atoms in total. The van der Waals surface area contributed by atoms with Crippen molar-refractivity contribution in [3.8, 4) is 0 Å². The zero-order valence-electron chi connectivity index (χ0n) is 13.1. The summed E-state index contributed by atoms with van der Waals surface area (Å²) >= 11 is 6.47. The molecule has 1 aliphatic heterocycles. The van der Waals surface area contributed by atoms with E-state index in [-0.39, 0.29) is 5.41 Å². The second-order valence-electron chi connectivity index (χ2n) is 6.46. The van der Waals surface area contributed by atoms with Gasteiger partial charge >= 0.3 is 0 Å². The van der Waals surface area contributed by atoms with Crippen LogP contribution in [0.25, 0.3) is 11.0 Å². The molecule has 0 amide bonds. The molecule has 4 heteroatoms. The summed E-state index contributed by atoms with van der Waals surface area (Å²) < 4.78 is 2.36. The summed E-state index contributed by atoms with van der Waals surface area (Å²) in [7, 11) is 0. The van der Waals surface area contributed by atoms with Gasteiger partial charge in [0.15, 0.2) is 0 Å². The molecule has 1 aromatic carbocycles. The first-order valence-corrected chi connectivity index (χ1v) is 8.34. The van der Waals surface area contributed by atoms with Gasteiger partial charge in [-0.05, 0) is 45.4 Å². The van der Waals surface area contributed by atoms with Crippen molar-refractivity contribution in [2.75, 3.05) is 13.1 Å². The van der Waals surface area contributed by atoms with Gasteiger partial charge in [-0.3, -0.25) is 0 Å². The van der Waals surface area contributed by atoms with Gasteiger partial charge in [0, 0.05) is 18.0 Å². The summed E-state index contributed by atoms with van der Waals surface area (Å²) in [6, 6.07) is 6.39. The fourth-order valence-electron chi connectivity index (χ4n) is 3.72. The lowest BCUT2D eigenvalue weighted by Crippen LogP contribution is -2.33. The number of aromatic nitrogens is 2. The Morgan fingerprint density at radius 2 is 2.24 bits per heavy atom. The van der Waals surface area contributed by atoms with Crippen molar-refractivity contribution >= 4 is 22.6 Å². The first-order chi connectivity index (χ1) is 10.1. The van der Waals surface area contributed by atoms with E-state index in [0.717, 1.165) is 35.6 Å². The molecule has 21 heavy (non-hydrogen) atoms. The third-order valence-electron chi connectivity index (χ3n) is 4.62. The quantitative estimate of drug-likeness (QED) is 0.912. The predicted octanol–water partition coefficient (Wildman–Crippen LogP) is 4.30. The van der Waals surface area contributed by atoms with Crippen LogP contribution >= 0.6 is 11.6 Å². The van der Waals surface area contributed by atoms with Crippen LogP contribution in [0.4, 0.5) is 0 Å². The molecule has 1 atom stereocenters. The average molecular weight is 306 g/mol. The zero-order chi connectivity index (χ0) is 15.0. The number of hydrogen-bond acceptors (Lipinski definition) is 2. The van der Waals surface area contributed by atoms with Gasteiger partial charge < -0.3 is 9.88 Å². The van der Waals surface area contributed by atoms with E-state index in [0.29, 0.717) is 6.04 Å². The van der Waals surface area contributed by atoms with E-state index in [1.165, 1.54) is 18.7 Å². The lowest BCUT2D eigenvalue weighted by molar-refractivity contribution is 0.376. The Morgan fingerprint density at radius 1 is 1.43 bits per heavy atom. The number of nitrogens with zero attached hydrogens (tertiary/aromatic N) is 2. The number of imidazole rings is 1. The number of fused-ring (bicyclic) bond motifs is 1. The minimum absolute atomic E-state index is 0.154. The Kier molecular flexibility index (Phi) is 3.98. The fraction of sp³-hybridized carbons (Fsp3) is 0.588. The van der Waals surface area contributed by atoms with Gasteiger partial charge in [0.25, 0.3) is 0 Å². The molecule has 1 aliphatic rings. The van der Waals surface area contributed by atoms with Crippen molar-refractivity contribution in [3.63, 3.8) is 0 Å². The topological polar surface area (TPSA) is 29.9 Å². The van der Waals surface area contributed by atoms with E-state index in [1.54, 1.807) is 0 Å². The second kappa shape index (κ2) is 5.62. The van der Waals surface area contributed by atoms with Crippen LogP contribution in [-0.2, 0) is 5.41 Å². The molecule has 3 rings (SSSR count). The maximum absolute atomic E-state index is 6.47. The number of para-hydroxylation sites is 1. The highest BCUT2D eigenvalue weighted by atomic mass is 35.5. The second-order valence-corrected chi connectivity index (χ2v) is 6.87. The number of halogens is 1. The molecule has 1 N–H and O–H groups in total. The van der Waals surface area contributed by atoms with E-state index < -0.39 is 0 Å². The monoisotopic (exact) mass is 305 g/mol. The molecule has 0 bridgehead atoms. The lowest BCUT2D eigenvalue weighted by atomic mass is 9.81. The number of rotatable bonds is 4. The SMILES string of the molecule is CCCC1(c2nc3cccc(Cl)c3n2C(C)C)CCNC1. The highest BCUT2D eigenvalue weighted by molar-refractivity contribution is 6.35. The summed E-state index contributed by atoms with van der Waals surface area (Å²) in [5.74, 6) is 1.22. The molecule has 1 saturated heterocycles. The third-order valence-corrected chi connectivity index (χ3v) is 4.93. The fourth-order valence-corrected chi connectivity index (χ4v) is 3.98. The maximum atomic E-state index is 6.47. The maximum Gasteiger partial charge on any atom is 0.117 e. The Hall–Kier alpha value is -1.06. The van der Waals surface area contributed by atoms with Gasteiger partial charge in [-0.15, -0.1) is 0 Å². The van der Waals surface area contributed by atoms with Crippen LogP contribution in [0.3, 0.4) is 0 Å². The first kappa shape index (κ1) is 14.9. The van der Waals surface area contributed by atoms with Crippen molar-refractivity contribution in [2.45, 2.75) is 51.5 Å². The van der Waals surface area contributed by atoms with Crippen LogP contribution < -0.4 is 5.32 Å². The Balaban J connectivity index is 2.26. The van der Waals surface area contributed by atoms with Crippen LogP contribution in [0.5, 0.6) is 0 Å². The highest BCUT2D eigenvalue weighted by Crippen LogP contribution is 2.39. The molecule has 0 saturated carbocycles. The minimum Gasteiger partial charge on any atom is -0.324 e. The largest absolute Gasteiger partial charge is 0.324 e. The Bertz CT molecular complexity index is 639. The van der Waals surface area contributed by atoms with Crippen LogP contribution in [0, 0.1) is 0 Å². The van der Waals surface area contributed by atoms with Gasteiger partial charge in [-0.1, -0.05) is 31.0 Å². The normalized spacial score (nSPS) is 22.5. The summed E-state index contributed by atoms with van der Waals surface area (Å²) in [4.78, 5) is 5.01. The smallest absolute Gasteiger partial charge is 0.117 e. The molecule has 0 aliphatic carbocycles. The predicted molar refractivity (Wildman–Crippen MR) is 89.2 cm³/mol. The first-order valence-electron chi connectivity index (χ1n) is 7.97. The molecular weight excluding hydrogens is 282 g/mol. The molecule has 114 valence electrons. The summed E-state index contributed by atoms with van der Waals surface area (Å²) in [6.45, 7) is 8.80. The zero-order valence-corrected chi connectivity index (χ0v) is 13.9. The Labute approximate surface area is 131 Å². The molecule has 2 heterocycles. The van der Waals surface area contributed by atoms with Crippen molar-refractivity contribution in [3.05, 3.63) is 29.0 Å². The van der Waals surface area contributed by atoms with E-state index >= 15 is 0 Å². The van der Waals surface area contributed by atoms with Crippen molar-refractivity contribution in [1.29, 1.82) is 0 Å². The summed E-state index contributed by atoms with van der Waals surface area (Å²) in [6.07, 6.45) is 3.51. The van der Waals surface area contributed by atoms with E-state index in [9.17, 15) is 0 Å². The molecule has 2 aromatic rings. The summed E-state index contributed by atoms with van der Waals surface area (Å²) in [5, 5.41) is 4.34. The average Bonchev–Trinajstić information content (AvgIpc) is 3.04. The van der Waals surface area contributed by atoms with E-state index in [4.69, 9.17) is 16.6 Å². The number of benzene rings is 1. The molecule has 1 unspecified atom stereocenters. The van der Waals surface area contributed by atoms with Crippen LogP contribution in [0.15, 0.2) is 18.2 Å². The van der Waals surface area contributed by atoms with Crippen molar-refractivity contribution < 1.29 is 0 Å². The molecule has 1 aromatic heterocycles. The lowest BCUT2D eigenvalue weighted by Gasteiger charge is -2.29. The Morgan fingerprint density at radius 3 is 2.86 bits per heavy atom. The standard InChI is InChI=1S/C17H24ClN3/c1-4-8-17(9-10-19-11-17)16-20-14-7-5-6-13(18)15(14)21(16)12(2)3/h5-7,12,19H,4,8-11H2,1-3H3. The minimum atomic E-state index is 0.154.